The van der Waals surface area contributed by atoms with Crippen LogP contribution in [-0.4, -0.2) is 31.4 Å². The van der Waals surface area contributed by atoms with E-state index in [9.17, 15) is 0 Å². The van der Waals surface area contributed by atoms with E-state index in [0.29, 0.717) is 11.7 Å². The smallest absolute Gasteiger partial charge is 0.251 e. The molecule has 1 aliphatic heterocycles. The minimum atomic E-state index is -0.107. The molecule has 7 heteroatoms. The van der Waals surface area contributed by atoms with E-state index in [1.165, 1.54) is 11.1 Å². The largest absolute Gasteiger partial charge is 0.337 e. The molecule has 1 N–H and O–H groups in total. The number of nitrogens with zero attached hydrogens (tertiary/aromatic N) is 5. The molecule has 4 heterocycles. The third-order valence-electron chi connectivity index (χ3n) is 4.77. The van der Waals surface area contributed by atoms with Gasteiger partial charge >= 0.3 is 0 Å². The van der Waals surface area contributed by atoms with Crippen LogP contribution in [0, 0.1) is 20.8 Å². The Morgan fingerprint density at radius 3 is 2.88 bits per heavy atom. The van der Waals surface area contributed by atoms with E-state index < -0.39 is 0 Å². The predicted molar refractivity (Wildman–Crippen MR) is 93.2 cm³/mol. The Labute approximate surface area is 146 Å². The Balaban J connectivity index is 1.74. The first-order valence-corrected chi connectivity index (χ1v) is 8.59. The van der Waals surface area contributed by atoms with Crippen molar-refractivity contribution in [1.29, 1.82) is 0 Å². The van der Waals surface area contributed by atoms with Crippen LogP contribution in [0.3, 0.4) is 0 Å². The number of pyridine rings is 1. The maximum Gasteiger partial charge on any atom is 0.251 e. The number of hydrogen-bond donors (Lipinski definition) is 1. The van der Waals surface area contributed by atoms with Gasteiger partial charge in [0, 0.05) is 29.7 Å². The van der Waals surface area contributed by atoms with Crippen LogP contribution in [0.1, 0.15) is 47.1 Å². The molecular formula is C18H22N6O. The van der Waals surface area contributed by atoms with Crippen LogP contribution in [0.5, 0.6) is 0 Å². The van der Waals surface area contributed by atoms with E-state index in [0.717, 1.165) is 42.2 Å². The lowest BCUT2D eigenvalue weighted by atomic mass is 9.95. The normalized spacial score (nSPS) is 15.2. The highest BCUT2D eigenvalue weighted by atomic mass is 16.5. The summed E-state index contributed by atoms with van der Waals surface area (Å²) >= 11 is 0. The zero-order valence-corrected chi connectivity index (χ0v) is 15.0. The summed E-state index contributed by atoms with van der Waals surface area (Å²) in [5, 5.41) is 12.2. The summed E-state index contributed by atoms with van der Waals surface area (Å²) in [4.78, 5) is 9.20. The molecule has 7 nitrogen and oxygen atoms in total. The van der Waals surface area contributed by atoms with Gasteiger partial charge in [-0.15, -0.1) is 0 Å². The molecule has 130 valence electrons. The van der Waals surface area contributed by atoms with E-state index in [1.54, 1.807) is 0 Å². The maximum atomic E-state index is 5.58. The molecule has 3 aromatic rings. The van der Waals surface area contributed by atoms with Crippen LogP contribution in [0.25, 0.3) is 11.4 Å². The lowest BCUT2D eigenvalue weighted by Crippen LogP contribution is -2.24. The van der Waals surface area contributed by atoms with Gasteiger partial charge in [-0.3, -0.25) is 9.67 Å². The molecule has 25 heavy (non-hydrogen) atoms. The van der Waals surface area contributed by atoms with Crippen molar-refractivity contribution < 1.29 is 4.52 Å². The second kappa shape index (κ2) is 6.07. The molecule has 0 amide bonds. The third kappa shape index (κ3) is 2.74. The first kappa shape index (κ1) is 16.0. The van der Waals surface area contributed by atoms with Crippen molar-refractivity contribution >= 4 is 0 Å². The van der Waals surface area contributed by atoms with Crippen molar-refractivity contribution in [3.63, 3.8) is 0 Å². The van der Waals surface area contributed by atoms with Crippen molar-refractivity contribution in [1.82, 2.24) is 30.2 Å². The molecular weight excluding hydrogens is 316 g/mol. The van der Waals surface area contributed by atoms with Crippen molar-refractivity contribution in [2.45, 2.75) is 46.7 Å². The van der Waals surface area contributed by atoms with Crippen LogP contribution in [-0.2, 0) is 13.0 Å². The fourth-order valence-electron chi connectivity index (χ4n) is 3.52. The number of aryl methyl sites for hydroxylation is 3. The minimum absolute atomic E-state index is 0.107. The number of hydrogen-bond acceptors (Lipinski definition) is 6. The number of nitrogens with one attached hydrogen (secondary N) is 1. The van der Waals surface area contributed by atoms with Crippen molar-refractivity contribution in [2.75, 3.05) is 6.54 Å². The van der Waals surface area contributed by atoms with Crippen molar-refractivity contribution in [3.8, 4) is 11.4 Å². The summed E-state index contributed by atoms with van der Waals surface area (Å²) < 4.78 is 7.50. The molecule has 1 atom stereocenters. The summed E-state index contributed by atoms with van der Waals surface area (Å²) in [6, 6.07) is 1.94. The van der Waals surface area contributed by atoms with Crippen molar-refractivity contribution in [2.24, 2.45) is 0 Å². The van der Waals surface area contributed by atoms with Crippen LogP contribution in [0.15, 0.2) is 16.8 Å². The number of fused-ring (bicyclic) bond motifs is 1. The van der Waals surface area contributed by atoms with Gasteiger partial charge in [0.15, 0.2) is 0 Å². The molecule has 0 bridgehead atoms. The quantitative estimate of drug-likeness (QED) is 0.790. The Kier molecular flexibility index (Phi) is 3.88. The molecule has 0 aliphatic carbocycles. The molecule has 1 unspecified atom stereocenters. The SMILES string of the molecule is Cc1cc(C)n(C(C)c2nc(-c3c(C)ncc4c3CCNC4)no2)n1. The van der Waals surface area contributed by atoms with Crippen LogP contribution < -0.4 is 5.32 Å². The maximum absolute atomic E-state index is 5.58. The minimum Gasteiger partial charge on any atom is -0.337 e. The molecule has 0 radical (unpaired) electrons. The first-order chi connectivity index (χ1) is 12.0. The van der Waals surface area contributed by atoms with Crippen LogP contribution >= 0.6 is 0 Å². The average molecular weight is 338 g/mol. The fourth-order valence-corrected chi connectivity index (χ4v) is 3.52. The molecule has 0 aromatic carbocycles. The predicted octanol–water partition coefficient (Wildman–Crippen LogP) is 2.51. The summed E-state index contributed by atoms with van der Waals surface area (Å²) in [5.74, 6) is 1.18. The Morgan fingerprint density at radius 2 is 2.12 bits per heavy atom. The topological polar surface area (TPSA) is 81.7 Å². The summed E-state index contributed by atoms with van der Waals surface area (Å²) in [6.07, 6.45) is 2.89. The highest BCUT2D eigenvalue weighted by Gasteiger charge is 2.23. The van der Waals surface area contributed by atoms with Gasteiger partial charge < -0.3 is 9.84 Å². The fraction of sp³-hybridized carbons (Fsp3) is 0.444. The van der Waals surface area contributed by atoms with E-state index in [4.69, 9.17) is 4.52 Å². The zero-order chi connectivity index (χ0) is 17.6. The Morgan fingerprint density at radius 1 is 1.28 bits per heavy atom. The third-order valence-corrected chi connectivity index (χ3v) is 4.77. The number of aromatic nitrogens is 5. The molecule has 0 saturated heterocycles. The molecule has 0 spiro atoms. The van der Waals surface area contributed by atoms with Crippen LogP contribution in [0.4, 0.5) is 0 Å². The van der Waals surface area contributed by atoms with Gasteiger partial charge in [-0.2, -0.15) is 10.1 Å². The Hall–Kier alpha value is -2.54. The Bertz CT molecular complexity index is 926. The van der Waals surface area contributed by atoms with Crippen LogP contribution in [0.2, 0.25) is 0 Å². The second-order valence-electron chi connectivity index (χ2n) is 6.65. The standard InChI is InChI=1S/C18H22N6O/c1-10-7-11(2)24(22-10)13(4)18-21-17(23-25-18)16-12(3)20-9-14-8-19-6-5-15(14)16/h7,9,13,19H,5-6,8H2,1-4H3. The average Bonchev–Trinajstić information content (AvgIpc) is 3.20. The summed E-state index contributed by atoms with van der Waals surface area (Å²) in [6.45, 7) is 9.82. The summed E-state index contributed by atoms with van der Waals surface area (Å²) in [7, 11) is 0. The van der Waals surface area contributed by atoms with Gasteiger partial charge in [0.2, 0.25) is 5.82 Å². The van der Waals surface area contributed by atoms with E-state index >= 15 is 0 Å². The lowest BCUT2D eigenvalue weighted by Gasteiger charge is -2.19. The second-order valence-corrected chi connectivity index (χ2v) is 6.65. The molecule has 0 fully saturated rings. The van der Waals surface area contributed by atoms with Gasteiger partial charge in [-0.05, 0) is 57.9 Å². The molecule has 4 rings (SSSR count). The highest BCUT2D eigenvalue weighted by molar-refractivity contribution is 5.64. The molecule has 1 aliphatic rings. The van der Waals surface area contributed by atoms with Gasteiger partial charge in [-0.25, -0.2) is 0 Å². The number of rotatable bonds is 3. The zero-order valence-electron chi connectivity index (χ0n) is 15.0. The van der Waals surface area contributed by atoms with E-state index in [-0.39, 0.29) is 6.04 Å². The van der Waals surface area contributed by atoms with Gasteiger partial charge in [0.05, 0.1) is 5.69 Å². The van der Waals surface area contributed by atoms with E-state index in [1.807, 2.05) is 44.6 Å². The summed E-state index contributed by atoms with van der Waals surface area (Å²) in [5.41, 5.74) is 6.49. The highest BCUT2D eigenvalue weighted by Crippen LogP contribution is 2.30. The monoisotopic (exact) mass is 338 g/mol. The molecule has 3 aromatic heterocycles. The van der Waals surface area contributed by atoms with Gasteiger partial charge in [-0.1, -0.05) is 5.16 Å². The lowest BCUT2D eigenvalue weighted by molar-refractivity contribution is 0.334. The molecule has 0 saturated carbocycles. The van der Waals surface area contributed by atoms with Gasteiger partial charge in [0.1, 0.15) is 6.04 Å². The first-order valence-electron chi connectivity index (χ1n) is 8.59. The van der Waals surface area contributed by atoms with Gasteiger partial charge in [0.25, 0.3) is 5.89 Å². The van der Waals surface area contributed by atoms with E-state index in [2.05, 4.69) is 25.5 Å². The van der Waals surface area contributed by atoms with Crippen molar-refractivity contribution in [3.05, 3.63) is 46.4 Å².